The summed E-state index contributed by atoms with van der Waals surface area (Å²) in [5, 5.41) is 11.5. The minimum atomic E-state index is -0.529. The van der Waals surface area contributed by atoms with Gasteiger partial charge in [-0.1, -0.05) is 41.4 Å². The maximum Gasteiger partial charge on any atom is 0.0830 e. The van der Waals surface area contributed by atoms with Gasteiger partial charge in [0.05, 0.1) is 16.1 Å². The SMILES string of the molecule is CN1CCc2cc(C(O)Cc3ccc(Cl)c(Cl)c3)ccc21. The number of hydrogen-bond donors (Lipinski definition) is 1. The fourth-order valence-electron chi connectivity index (χ4n) is 2.80. The van der Waals surface area contributed by atoms with Gasteiger partial charge >= 0.3 is 0 Å². The van der Waals surface area contributed by atoms with Gasteiger partial charge in [0.2, 0.25) is 0 Å². The number of halogens is 2. The topological polar surface area (TPSA) is 23.5 Å². The van der Waals surface area contributed by atoms with Crippen molar-refractivity contribution in [1.29, 1.82) is 0 Å². The van der Waals surface area contributed by atoms with E-state index < -0.39 is 6.10 Å². The van der Waals surface area contributed by atoms with Crippen LogP contribution >= 0.6 is 23.2 Å². The molecule has 0 aromatic heterocycles. The van der Waals surface area contributed by atoms with E-state index in [9.17, 15) is 5.11 Å². The molecule has 0 saturated carbocycles. The third kappa shape index (κ3) is 3.03. The number of benzene rings is 2. The summed E-state index contributed by atoms with van der Waals surface area (Å²) in [5.41, 5.74) is 4.51. The van der Waals surface area contributed by atoms with Crippen LogP contribution < -0.4 is 4.90 Å². The Morgan fingerprint density at radius 3 is 2.71 bits per heavy atom. The Morgan fingerprint density at radius 2 is 1.95 bits per heavy atom. The van der Waals surface area contributed by atoms with E-state index in [-0.39, 0.29) is 0 Å². The molecule has 4 heteroatoms. The van der Waals surface area contributed by atoms with Gasteiger partial charge in [0.1, 0.15) is 0 Å². The number of likely N-dealkylation sites (N-methyl/N-ethyl adjacent to an activating group) is 1. The second-order valence-corrected chi connectivity index (χ2v) is 6.34. The van der Waals surface area contributed by atoms with Gasteiger partial charge in [-0.05, 0) is 41.3 Å². The number of rotatable bonds is 3. The Hall–Kier alpha value is -1.22. The van der Waals surface area contributed by atoms with E-state index in [0.29, 0.717) is 16.5 Å². The van der Waals surface area contributed by atoms with Crippen LogP contribution in [-0.2, 0) is 12.8 Å². The summed E-state index contributed by atoms with van der Waals surface area (Å²) < 4.78 is 0. The fourth-order valence-corrected chi connectivity index (χ4v) is 3.12. The van der Waals surface area contributed by atoms with E-state index in [0.717, 1.165) is 24.1 Å². The van der Waals surface area contributed by atoms with Crippen molar-refractivity contribution in [3.05, 3.63) is 63.1 Å². The Kier molecular flexibility index (Phi) is 4.12. The first kappa shape index (κ1) is 14.7. The highest BCUT2D eigenvalue weighted by Gasteiger charge is 2.18. The zero-order valence-corrected chi connectivity index (χ0v) is 13.3. The van der Waals surface area contributed by atoms with Gasteiger partial charge in [0, 0.05) is 25.7 Å². The van der Waals surface area contributed by atoms with Crippen LogP contribution in [0.3, 0.4) is 0 Å². The normalized spacial score (nSPS) is 15.1. The first-order valence-corrected chi connectivity index (χ1v) is 7.76. The third-order valence-corrected chi connectivity index (χ3v) is 4.77. The molecule has 1 heterocycles. The van der Waals surface area contributed by atoms with E-state index in [4.69, 9.17) is 23.2 Å². The zero-order valence-electron chi connectivity index (χ0n) is 11.8. The van der Waals surface area contributed by atoms with Crippen molar-refractivity contribution in [2.75, 3.05) is 18.5 Å². The van der Waals surface area contributed by atoms with Gasteiger partial charge in [-0.3, -0.25) is 0 Å². The molecule has 2 nitrogen and oxygen atoms in total. The van der Waals surface area contributed by atoms with Crippen molar-refractivity contribution in [3.63, 3.8) is 0 Å². The quantitative estimate of drug-likeness (QED) is 0.912. The molecule has 0 aliphatic carbocycles. The molecule has 1 aliphatic rings. The van der Waals surface area contributed by atoms with Gasteiger partial charge in [0.15, 0.2) is 0 Å². The number of hydrogen-bond acceptors (Lipinski definition) is 2. The monoisotopic (exact) mass is 321 g/mol. The van der Waals surface area contributed by atoms with Crippen molar-refractivity contribution in [1.82, 2.24) is 0 Å². The van der Waals surface area contributed by atoms with Crippen molar-refractivity contribution in [2.24, 2.45) is 0 Å². The van der Waals surface area contributed by atoms with E-state index in [1.165, 1.54) is 11.3 Å². The molecule has 1 aliphatic heterocycles. The lowest BCUT2D eigenvalue weighted by atomic mass is 9.99. The summed E-state index contributed by atoms with van der Waals surface area (Å²) >= 11 is 11.9. The lowest BCUT2D eigenvalue weighted by molar-refractivity contribution is 0.178. The Morgan fingerprint density at radius 1 is 1.14 bits per heavy atom. The first-order valence-electron chi connectivity index (χ1n) is 7.00. The highest BCUT2D eigenvalue weighted by Crippen LogP contribution is 2.31. The van der Waals surface area contributed by atoms with E-state index in [1.807, 2.05) is 18.2 Å². The molecule has 2 aromatic rings. The predicted octanol–water partition coefficient (Wildman–Crippen LogP) is 4.26. The molecule has 2 aromatic carbocycles. The number of nitrogens with zero attached hydrogens (tertiary/aromatic N) is 1. The van der Waals surface area contributed by atoms with Gasteiger partial charge in [0.25, 0.3) is 0 Å². The van der Waals surface area contributed by atoms with E-state index in [1.54, 1.807) is 6.07 Å². The average molecular weight is 322 g/mol. The molecule has 3 rings (SSSR count). The molecule has 0 saturated heterocycles. The standard InChI is InChI=1S/C17H17Cl2NO/c1-20-7-6-12-10-13(3-5-16(12)20)17(21)9-11-2-4-14(18)15(19)8-11/h2-5,8,10,17,21H,6-7,9H2,1H3. The number of anilines is 1. The smallest absolute Gasteiger partial charge is 0.0830 e. The van der Waals surface area contributed by atoms with Crippen LogP contribution in [0.4, 0.5) is 5.69 Å². The van der Waals surface area contributed by atoms with Crippen LogP contribution in [0, 0.1) is 0 Å². The third-order valence-electron chi connectivity index (χ3n) is 4.03. The largest absolute Gasteiger partial charge is 0.388 e. The number of aliphatic hydroxyl groups excluding tert-OH is 1. The molecule has 0 spiro atoms. The second kappa shape index (κ2) is 5.88. The number of aliphatic hydroxyl groups is 1. The van der Waals surface area contributed by atoms with Crippen molar-refractivity contribution < 1.29 is 5.11 Å². The van der Waals surface area contributed by atoms with Crippen molar-refractivity contribution >= 4 is 28.9 Å². The number of fused-ring (bicyclic) bond motifs is 1. The van der Waals surface area contributed by atoms with Gasteiger partial charge < -0.3 is 10.0 Å². The van der Waals surface area contributed by atoms with Crippen molar-refractivity contribution in [3.8, 4) is 0 Å². The molecule has 1 N–H and O–H groups in total. The lowest BCUT2D eigenvalue weighted by Crippen LogP contribution is -2.12. The molecular weight excluding hydrogens is 305 g/mol. The summed E-state index contributed by atoms with van der Waals surface area (Å²) in [4.78, 5) is 2.24. The maximum absolute atomic E-state index is 10.4. The van der Waals surface area contributed by atoms with Gasteiger partial charge in [-0.15, -0.1) is 0 Å². The molecule has 1 unspecified atom stereocenters. The minimum absolute atomic E-state index is 0.525. The summed E-state index contributed by atoms with van der Waals surface area (Å²) in [6.07, 6.45) is 1.04. The fraction of sp³-hybridized carbons (Fsp3) is 0.294. The Bertz CT molecular complexity index is 672. The summed E-state index contributed by atoms with van der Waals surface area (Å²) in [7, 11) is 2.09. The van der Waals surface area contributed by atoms with Crippen LogP contribution in [0.15, 0.2) is 36.4 Å². The van der Waals surface area contributed by atoms with Gasteiger partial charge in [-0.25, -0.2) is 0 Å². The minimum Gasteiger partial charge on any atom is -0.388 e. The van der Waals surface area contributed by atoms with E-state index >= 15 is 0 Å². The molecule has 1 atom stereocenters. The second-order valence-electron chi connectivity index (χ2n) is 5.53. The molecule has 0 radical (unpaired) electrons. The summed E-state index contributed by atoms with van der Waals surface area (Å²) in [5.74, 6) is 0. The zero-order chi connectivity index (χ0) is 15.0. The molecule has 0 amide bonds. The summed E-state index contributed by atoms with van der Waals surface area (Å²) in [6.45, 7) is 1.04. The molecule has 0 bridgehead atoms. The molecular formula is C17H17Cl2NO. The van der Waals surface area contributed by atoms with Crippen LogP contribution in [0.5, 0.6) is 0 Å². The molecule has 110 valence electrons. The maximum atomic E-state index is 10.4. The van der Waals surface area contributed by atoms with Crippen LogP contribution in [-0.4, -0.2) is 18.7 Å². The predicted molar refractivity (Wildman–Crippen MR) is 88.5 cm³/mol. The molecule has 0 fully saturated rings. The highest BCUT2D eigenvalue weighted by molar-refractivity contribution is 6.42. The Labute approximate surface area is 134 Å². The Balaban J connectivity index is 1.79. The lowest BCUT2D eigenvalue weighted by Gasteiger charge is -2.15. The first-order chi connectivity index (χ1) is 10.0. The average Bonchev–Trinajstić information content (AvgIpc) is 2.84. The highest BCUT2D eigenvalue weighted by atomic mass is 35.5. The van der Waals surface area contributed by atoms with Crippen LogP contribution in [0.1, 0.15) is 22.8 Å². The summed E-state index contributed by atoms with van der Waals surface area (Å²) in [6, 6.07) is 11.7. The molecule has 21 heavy (non-hydrogen) atoms. The van der Waals surface area contributed by atoms with Crippen LogP contribution in [0.2, 0.25) is 10.0 Å². The van der Waals surface area contributed by atoms with E-state index in [2.05, 4.69) is 24.1 Å². The van der Waals surface area contributed by atoms with Crippen LogP contribution in [0.25, 0.3) is 0 Å². The van der Waals surface area contributed by atoms with Gasteiger partial charge in [-0.2, -0.15) is 0 Å². The van der Waals surface area contributed by atoms with Crippen molar-refractivity contribution in [2.45, 2.75) is 18.9 Å².